The van der Waals surface area contributed by atoms with Gasteiger partial charge in [0.2, 0.25) is 0 Å². The van der Waals surface area contributed by atoms with E-state index in [1.807, 2.05) is 18.2 Å². The molecule has 0 fully saturated rings. The number of aromatic amines is 1. The van der Waals surface area contributed by atoms with Crippen molar-refractivity contribution in [3.8, 4) is 0 Å². The van der Waals surface area contributed by atoms with Crippen LogP contribution in [0.3, 0.4) is 0 Å². The molecule has 0 saturated heterocycles. The lowest BCUT2D eigenvalue weighted by Gasteiger charge is -2.22. The molecule has 2 heterocycles. The highest BCUT2D eigenvalue weighted by molar-refractivity contribution is 6.30. The number of H-pyrrole nitrogens is 1. The van der Waals surface area contributed by atoms with Crippen LogP contribution in [0, 0.1) is 5.82 Å². The SMILES string of the molecule is CC(C)(C)OC(=O)Cn1nnnc1C(Nc1ccc2nc[nH]c2c1)c1ccc(Cl)c(F)c1. The summed E-state index contributed by atoms with van der Waals surface area (Å²) >= 11 is 5.87. The summed E-state index contributed by atoms with van der Waals surface area (Å²) in [7, 11) is 0. The lowest BCUT2D eigenvalue weighted by Crippen LogP contribution is -2.28. The highest BCUT2D eigenvalue weighted by Gasteiger charge is 2.25. The molecule has 0 aliphatic carbocycles. The normalized spacial score (nSPS) is 12.7. The molecule has 0 aliphatic heterocycles. The third kappa shape index (κ3) is 4.86. The zero-order chi connectivity index (χ0) is 22.9. The molecule has 0 bridgehead atoms. The van der Waals surface area contributed by atoms with Gasteiger partial charge in [-0.2, -0.15) is 0 Å². The monoisotopic (exact) mass is 457 g/mol. The van der Waals surface area contributed by atoms with E-state index in [1.54, 1.807) is 33.2 Å². The van der Waals surface area contributed by atoms with Crippen molar-refractivity contribution in [3.63, 3.8) is 0 Å². The first-order valence-electron chi connectivity index (χ1n) is 9.82. The molecule has 0 radical (unpaired) electrons. The average Bonchev–Trinajstić information content (AvgIpc) is 3.35. The molecule has 1 unspecified atom stereocenters. The number of imidazole rings is 1. The first kappa shape index (κ1) is 21.7. The molecule has 0 amide bonds. The Kier molecular flexibility index (Phi) is 5.79. The number of esters is 1. The van der Waals surface area contributed by atoms with Gasteiger partial charge in [-0.05, 0) is 67.1 Å². The number of halogens is 2. The average molecular weight is 458 g/mol. The Hall–Kier alpha value is -3.53. The second-order valence-corrected chi connectivity index (χ2v) is 8.57. The molecular weight excluding hydrogens is 437 g/mol. The minimum Gasteiger partial charge on any atom is -0.459 e. The lowest BCUT2D eigenvalue weighted by atomic mass is 10.1. The summed E-state index contributed by atoms with van der Waals surface area (Å²) in [5.41, 5.74) is 2.22. The van der Waals surface area contributed by atoms with Gasteiger partial charge in [-0.3, -0.25) is 4.79 Å². The van der Waals surface area contributed by atoms with E-state index in [2.05, 4.69) is 30.8 Å². The Morgan fingerprint density at radius 1 is 1.28 bits per heavy atom. The number of benzene rings is 2. The minimum absolute atomic E-state index is 0.000253. The van der Waals surface area contributed by atoms with Crippen LogP contribution in [-0.4, -0.2) is 41.7 Å². The molecule has 2 N–H and O–H groups in total. The molecule has 9 nitrogen and oxygen atoms in total. The lowest BCUT2D eigenvalue weighted by molar-refractivity contribution is -0.155. The number of nitrogens with zero attached hydrogens (tertiary/aromatic N) is 5. The van der Waals surface area contributed by atoms with Crippen molar-refractivity contribution in [2.24, 2.45) is 0 Å². The summed E-state index contributed by atoms with van der Waals surface area (Å²) in [6.45, 7) is 5.13. The second-order valence-electron chi connectivity index (χ2n) is 8.17. The van der Waals surface area contributed by atoms with Gasteiger partial charge >= 0.3 is 5.97 Å². The number of carbonyl (C=O) groups is 1. The molecule has 32 heavy (non-hydrogen) atoms. The molecular formula is C21H21ClFN7O2. The quantitative estimate of drug-likeness (QED) is 0.422. The van der Waals surface area contributed by atoms with Crippen LogP contribution in [0.5, 0.6) is 0 Å². The van der Waals surface area contributed by atoms with E-state index in [1.165, 1.54) is 16.8 Å². The Bertz CT molecular complexity index is 1260. The van der Waals surface area contributed by atoms with Gasteiger partial charge in [0.05, 0.1) is 22.4 Å². The summed E-state index contributed by atoms with van der Waals surface area (Å²) in [6, 6.07) is 9.30. The van der Waals surface area contributed by atoms with Crippen molar-refractivity contribution in [1.82, 2.24) is 30.2 Å². The van der Waals surface area contributed by atoms with Crippen LogP contribution in [0.4, 0.5) is 10.1 Å². The molecule has 2 aromatic carbocycles. The molecule has 166 valence electrons. The third-order valence-electron chi connectivity index (χ3n) is 4.52. The van der Waals surface area contributed by atoms with E-state index < -0.39 is 23.4 Å². The number of fused-ring (bicyclic) bond motifs is 1. The van der Waals surface area contributed by atoms with Crippen molar-refractivity contribution in [1.29, 1.82) is 0 Å². The van der Waals surface area contributed by atoms with E-state index in [-0.39, 0.29) is 11.6 Å². The standard InChI is InChI=1S/C21H21ClFN7O2/c1-21(2,3)32-18(31)10-30-20(27-28-29-30)19(12-4-6-14(22)15(23)8-12)26-13-5-7-16-17(9-13)25-11-24-16/h4-9,11,19,26H,10H2,1-3H3,(H,24,25). The van der Waals surface area contributed by atoms with Gasteiger partial charge in [0, 0.05) is 5.69 Å². The first-order chi connectivity index (χ1) is 15.2. The molecule has 0 aliphatic rings. The van der Waals surface area contributed by atoms with E-state index in [4.69, 9.17) is 16.3 Å². The predicted octanol–water partition coefficient (Wildman–Crippen LogP) is 3.89. The zero-order valence-corrected chi connectivity index (χ0v) is 18.4. The van der Waals surface area contributed by atoms with Crippen LogP contribution in [0.25, 0.3) is 11.0 Å². The van der Waals surface area contributed by atoms with Crippen molar-refractivity contribution < 1.29 is 13.9 Å². The number of hydrogen-bond donors (Lipinski definition) is 2. The molecule has 1 atom stereocenters. The number of nitrogens with one attached hydrogen (secondary N) is 2. The highest BCUT2D eigenvalue weighted by atomic mass is 35.5. The Morgan fingerprint density at radius 3 is 2.84 bits per heavy atom. The fourth-order valence-electron chi connectivity index (χ4n) is 3.21. The van der Waals surface area contributed by atoms with Gasteiger partial charge in [-0.1, -0.05) is 17.7 Å². The van der Waals surface area contributed by atoms with Gasteiger partial charge in [-0.15, -0.1) is 5.10 Å². The number of ether oxygens (including phenoxy) is 1. The molecule has 11 heteroatoms. The fourth-order valence-corrected chi connectivity index (χ4v) is 3.33. The number of aromatic nitrogens is 6. The van der Waals surface area contributed by atoms with Crippen molar-refractivity contribution >= 4 is 34.3 Å². The number of anilines is 1. The topological polar surface area (TPSA) is 111 Å². The van der Waals surface area contributed by atoms with E-state index >= 15 is 0 Å². The van der Waals surface area contributed by atoms with Crippen LogP contribution >= 0.6 is 11.6 Å². The Labute approximate surface area is 187 Å². The number of tetrazole rings is 1. The molecule has 0 saturated carbocycles. The van der Waals surface area contributed by atoms with E-state index in [9.17, 15) is 9.18 Å². The summed E-state index contributed by atoms with van der Waals surface area (Å²) in [4.78, 5) is 19.6. The van der Waals surface area contributed by atoms with Crippen LogP contribution < -0.4 is 5.32 Å². The molecule has 4 aromatic rings. The predicted molar refractivity (Wildman–Crippen MR) is 117 cm³/mol. The molecule has 2 aromatic heterocycles. The summed E-state index contributed by atoms with van der Waals surface area (Å²) in [5.74, 6) is -0.764. The van der Waals surface area contributed by atoms with E-state index in [0.29, 0.717) is 17.1 Å². The Morgan fingerprint density at radius 2 is 2.09 bits per heavy atom. The number of carbonyl (C=O) groups excluding carboxylic acids is 1. The number of rotatable bonds is 6. The smallest absolute Gasteiger partial charge is 0.328 e. The maximum absolute atomic E-state index is 14.3. The van der Waals surface area contributed by atoms with Crippen molar-refractivity contribution in [2.75, 3.05) is 5.32 Å². The van der Waals surface area contributed by atoms with Gasteiger partial charge in [0.25, 0.3) is 0 Å². The number of hydrogen-bond acceptors (Lipinski definition) is 7. The van der Waals surface area contributed by atoms with Crippen molar-refractivity contribution in [3.05, 3.63) is 65.0 Å². The minimum atomic E-state index is -0.681. The van der Waals surface area contributed by atoms with Crippen LogP contribution in [0.1, 0.15) is 38.2 Å². The van der Waals surface area contributed by atoms with Gasteiger partial charge in [0.1, 0.15) is 24.0 Å². The van der Waals surface area contributed by atoms with Gasteiger partial charge in [-0.25, -0.2) is 14.1 Å². The van der Waals surface area contributed by atoms with Gasteiger partial charge < -0.3 is 15.0 Å². The van der Waals surface area contributed by atoms with Gasteiger partial charge in [0.15, 0.2) is 5.82 Å². The first-order valence-corrected chi connectivity index (χ1v) is 10.2. The third-order valence-corrected chi connectivity index (χ3v) is 4.83. The Balaban J connectivity index is 1.70. The summed E-state index contributed by atoms with van der Waals surface area (Å²) < 4.78 is 21.0. The van der Waals surface area contributed by atoms with Crippen LogP contribution in [0.15, 0.2) is 42.7 Å². The zero-order valence-electron chi connectivity index (χ0n) is 17.6. The maximum atomic E-state index is 14.3. The van der Waals surface area contributed by atoms with Crippen molar-refractivity contribution in [2.45, 2.75) is 39.0 Å². The van der Waals surface area contributed by atoms with Crippen LogP contribution in [-0.2, 0) is 16.1 Å². The fraction of sp³-hybridized carbons (Fsp3) is 0.286. The second kappa shape index (κ2) is 8.54. The maximum Gasteiger partial charge on any atom is 0.328 e. The molecule has 0 spiro atoms. The summed E-state index contributed by atoms with van der Waals surface area (Å²) in [5, 5.41) is 15.1. The van der Waals surface area contributed by atoms with E-state index in [0.717, 1.165) is 11.0 Å². The van der Waals surface area contributed by atoms with Crippen LogP contribution in [0.2, 0.25) is 5.02 Å². The largest absolute Gasteiger partial charge is 0.459 e. The summed E-state index contributed by atoms with van der Waals surface area (Å²) in [6.07, 6.45) is 1.60. The highest BCUT2D eigenvalue weighted by Crippen LogP contribution is 2.29. The molecule has 4 rings (SSSR count).